The van der Waals surface area contributed by atoms with Gasteiger partial charge in [-0.3, -0.25) is 9.78 Å². The average Bonchev–Trinajstić information content (AvgIpc) is 3.64. The van der Waals surface area contributed by atoms with E-state index in [1.807, 2.05) is 6.07 Å². The highest BCUT2D eigenvalue weighted by atomic mass is 19.4. The number of ether oxygens (including phenoxy) is 1. The summed E-state index contributed by atoms with van der Waals surface area (Å²) in [6.45, 7) is 0.839. The second-order valence-electron chi connectivity index (χ2n) is 9.54. The van der Waals surface area contributed by atoms with E-state index in [1.165, 1.54) is 12.1 Å². The molecule has 14 heteroatoms. The van der Waals surface area contributed by atoms with Gasteiger partial charge in [0.15, 0.2) is 0 Å². The second kappa shape index (κ2) is 11.5. The number of hydrogen-bond donors (Lipinski definition) is 0. The maximum atomic E-state index is 13.7. The third-order valence-corrected chi connectivity index (χ3v) is 6.69. The van der Waals surface area contributed by atoms with Crippen LogP contribution in [0.5, 0.6) is 0 Å². The van der Waals surface area contributed by atoms with E-state index >= 15 is 0 Å². The number of aromatic nitrogens is 3. The summed E-state index contributed by atoms with van der Waals surface area (Å²) in [6.07, 6.45) is -8.56. The van der Waals surface area contributed by atoms with Gasteiger partial charge < -0.3 is 14.1 Å². The smallest absolute Gasteiger partial charge is 0.416 e. The summed E-state index contributed by atoms with van der Waals surface area (Å²) in [5.74, 6) is -1.43. The molecule has 0 radical (unpaired) electrons. The van der Waals surface area contributed by atoms with E-state index in [9.17, 15) is 35.5 Å². The summed E-state index contributed by atoms with van der Waals surface area (Å²) >= 11 is 0. The summed E-state index contributed by atoms with van der Waals surface area (Å²) in [4.78, 5) is 18.7. The first-order valence-electron chi connectivity index (χ1n) is 12.6. The van der Waals surface area contributed by atoms with E-state index in [0.29, 0.717) is 31.0 Å². The minimum absolute atomic E-state index is 0.0211. The Kier molecular flexibility index (Phi) is 7.99. The molecule has 1 saturated heterocycles. The van der Waals surface area contributed by atoms with Crippen molar-refractivity contribution in [2.24, 2.45) is 0 Å². The Morgan fingerprint density at radius 3 is 2.33 bits per heavy atom. The maximum Gasteiger partial charge on any atom is 0.416 e. The molecular formula is C28H21F7N4O3. The normalized spacial score (nSPS) is 15.6. The number of nitrogens with zero attached hydrogens (tertiary/aromatic N) is 4. The molecule has 42 heavy (non-hydrogen) atoms. The molecule has 4 aromatic rings. The zero-order valence-electron chi connectivity index (χ0n) is 21.5. The molecule has 7 nitrogen and oxygen atoms in total. The topological polar surface area (TPSA) is 81.4 Å². The van der Waals surface area contributed by atoms with Crippen molar-refractivity contribution < 1.29 is 44.7 Å². The fourth-order valence-corrected chi connectivity index (χ4v) is 4.50. The number of anilines is 1. The number of carbonyl (C=O) groups excluding carboxylic acids is 1. The van der Waals surface area contributed by atoms with Gasteiger partial charge in [0.1, 0.15) is 18.1 Å². The minimum atomic E-state index is -5.16. The number of pyridine rings is 1. The van der Waals surface area contributed by atoms with E-state index < -0.39 is 53.7 Å². The molecule has 1 atom stereocenters. The molecule has 220 valence electrons. The summed E-state index contributed by atoms with van der Waals surface area (Å²) < 4.78 is 105. The lowest BCUT2D eigenvalue weighted by atomic mass is 10.00. The largest absolute Gasteiger partial charge is 0.417 e. The average molecular weight is 594 g/mol. The van der Waals surface area contributed by atoms with Crippen molar-refractivity contribution in [2.75, 3.05) is 18.1 Å². The monoisotopic (exact) mass is 594 g/mol. The highest BCUT2D eigenvalue weighted by Gasteiger charge is 2.38. The standard InChI is InChI=1S/C28H21F7N4O3/c29-20-4-6-21(7-5-20)39(25(40)11-16-1-3-19(27(30,31)32)12-22(16)28(33,34)35)14-24-37-38-26(42-24)23-8-2-17(13-36-23)18-9-10-41-15-18/h1-8,12-13,18H,9-11,14-15H2. The first-order valence-corrected chi connectivity index (χ1v) is 12.6. The van der Waals surface area contributed by atoms with E-state index in [4.69, 9.17) is 9.15 Å². The molecule has 0 aliphatic carbocycles. The third kappa shape index (κ3) is 6.59. The Balaban J connectivity index is 1.40. The van der Waals surface area contributed by atoms with Crippen molar-refractivity contribution in [1.29, 1.82) is 0 Å². The van der Waals surface area contributed by atoms with Crippen LogP contribution in [0.2, 0.25) is 0 Å². The Bertz CT molecular complexity index is 1550. The number of rotatable bonds is 7. The van der Waals surface area contributed by atoms with Crippen LogP contribution in [-0.4, -0.2) is 34.3 Å². The summed E-state index contributed by atoms with van der Waals surface area (Å²) in [5, 5.41) is 7.85. The van der Waals surface area contributed by atoms with Crippen LogP contribution >= 0.6 is 0 Å². The molecule has 0 N–H and O–H groups in total. The zero-order chi connectivity index (χ0) is 30.1. The number of alkyl halides is 6. The molecule has 2 aromatic heterocycles. The Labute approximate surface area is 233 Å². The van der Waals surface area contributed by atoms with Crippen molar-refractivity contribution in [1.82, 2.24) is 15.2 Å². The minimum Gasteiger partial charge on any atom is -0.417 e. The van der Waals surface area contributed by atoms with Crippen molar-refractivity contribution in [3.63, 3.8) is 0 Å². The van der Waals surface area contributed by atoms with Crippen molar-refractivity contribution in [2.45, 2.75) is 37.7 Å². The lowest BCUT2D eigenvalue weighted by molar-refractivity contribution is -0.143. The van der Waals surface area contributed by atoms with Gasteiger partial charge in [0, 0.05) is 24.4 Å². The highest BCUT2D eigenvalue weighted by molar-refractivity contribution is 5.94. The molecule has 5 rings (SSSR count). The van der Waals surface area contributed by atoms with Gasteiger partial charge in [0.25, 0.3) is 5.89 Å². The van der Waals surface area contributed by atoms with Gasteiger partial charge in [-0.2, -0.15) is 26.3 Å². The Morgan fingerprint density at radius 2 is 1.71 bits per heavy atom. The zero-order valence-corrected chi connectivity index (χ0v) is 21.5. The quantitative estimate of drug-likeness (QED) is 0.225. The van der Waals surface area contributed by atoms with Crippen LogP contribution in [0.1, 0.15) is 40.5 Å². The van der Waals surface area contributed by atoms with E-state index in [2.05, 4.69) is 15.2 Å². The molecule has 2 aromatic carbocycles. The Hall–Kier alpha value is -4.33. The first kappa shape index (κ1) is 29.2. The summed E-state index contributed by atoms with van der Waals surface area (Å²) in [5.41, 5.74) is -2.36. The van der Waals surface area contributed by atoms with Crippen LogP contribution in [0.3, 0.4) is 0 Å². The predicted octanol–water partition coefficient (Wildman–Crippen LogP) is 6.59. The number of carbonyl (C=O) groups is 1. The molecule has 1 aliphatic heterocycles. The van der Waals surface area contributed by atoms with Gasteiger partial charge in [-0.05, 0) is 60.0 Å². The van der Waals surface area contributed by atoms with Crippen LogP contribution in [0.25, 0.3) is 11.6 Å². The van der Waals surface area contributed by atoms with Crippen LogP contribution in [0.4, 0.5) is 36.4 Å². The van der Waals surface area contributed by atoms with Gasteiger partial charge in [-0.1, -0.05) is 12.1 Å². The van der Waals surface area contributed by atoms with Gasteiger partial charge in [-0.15, -0.1) is 10.2 Å². The first-order chi connectivity index (χ1) is 19.9. The van der Waals surface area contributed by atoms with Crippen LogP contribution in [-0.2, 0) is 34.8 Å². The molecule has 0 bridgehead atoms. The number of hydrogen-bond acceptors (Lipinski definition) is 6. The maximum absolute atomic E-state index is 13.7. The molecule has 0 spiro atoms. The van der Waals surface area contributed by atoms with E-state index in [1.54, 1.807) is 12.3 Å². The molecular weight excluding hydrogens is 573 g/mol. The molecule has 1 fully saturated rings. The third-order valence-electron chi connectivity index (χ3n) is 6.69. The van der Waals surface area contributed by atoms with E-state index in [0.717, 1.165) is 29.0 Å². The molecule has 1 aliphatic rings. The number of halogens is 7. The highest BCUT2D eigenvalue weighted by Crippen LogP contribution is 2.38. The molecule has 1 unspecified atom stereocenters. The van der Waals surface area contributed by atoms with Crippen molar-refractivity contribution >= 4 is 11.6 Å². The van der Waals surface area contributed by atoms with E-state index in [-0.39, 0.29) is 29.5 Å². The fraction of sp³-hybridized carbons (Fsp3) is 0.286. The lowest BCUT2D eigenvalue weighted by Gasteiger charge is -2.23. The van der Waals surface area contributed by atoms with Gasteiger partial charge in [0.2, 0.25) is 11.8 Å². The van der Waals surface area contributed by atoms with Gasteiger partial charge >= 0.3 is 12.4 Å². The van der Waals surface area contributed by atoms with Crippen LogP contribution < -0.4 is 4.90 Å². The Morgan fingerprint density at radius 1 is 0.952 bits per heavy atom. The number of benzene rings is 2. The summed E-state index contributed by atoms with van der Waals surface area (Å²) in [6, 6.07) is 9.09. The fourth-order valence-electron chi connectivity index (χ4n) is 4.50. The van der Waals surface area contributed by atoms with Gasteiger partial charge in [-0.25, -0.2) is 4.39 Å². The summed E-state index contributed by atoms with van der Waals surface area (Å²) in [7, 11) is 0. The second-order valence-corrected chi connectivity index (χ2v) is 9.54. The van der Waals surface area contributed by atoms with Crippen LogP contribution in [0.15, 0.2) is 65.2 Å². The molecule has 1 amide bonds. The molecule has 0 saturated carbocycles. The van der Waals surface area contributed by atoms with Crippen LogP contribution in [0, 0.1) is 5.82 Å². The SMILES string of the molecule is O=C(Cc1ccc(C(F)(F)F)cc1C(F)(F)F)N(Cc1nnc(-c2ccc(C3CCOC3)cn2)o1)c1ccc(F)cc1. The predicted molar refractivity (Wildman–Crippen MR) is 133 cm³/mol. The lowest BCUT2D eigenvalue weighted by Crippen LogP contribution is -2.32. The molecule has 3 heterocycles. The number of amides is 1. The van der Waals surface area contributed by atoms with Gasteiger partial charge in [0.05, 0.1) is 24.2 Å². The van der Waals surface area contributed by atoms with Crippen molar-refractivity contribution in [3.8, 4) is 11.6 Å². The van der Waals surface area contributed by atoms with Crippen molar-refractivity contribution in [3.05, 3.63) is 94.8 Å².